The van der Waals surface area contributed by atoms with Gasteiger partial charge in [0.15, 0.2) is 0 Å². The molecule has 0 saturated heterocycles. The Balaban J connectivity index is 2.41. The molecule has 1 aromatic carbocycles. The standard InChI is InChI=1S/C11H6N4O5/c16-8-7(10(19)20)13-11-12-5-2-1-4(9(17)18)3-6(5)15(11)14-8/h1-3H,(H,14,16)(H,17,18)(H,19,20). The molecule has 0 bridgehead atoms. The first-order valence-corrected chi connectivity index (χ1v) is 5.36. The largest absolute Gasteiger partial charge is 0.478 e. The average Bonchev–Trinajstić information content (AvgIpc) is 2.74. The summed E-state index contributed by atoms with van der Waals surface area (Å²) >= 11 is 0. The molecule has 0 saturated carbocycles. The average molecular weight is 274 g/mol. The van der Waals surface area contributed by atoms with Crippen LogP contribution in [-0.4, -0.2) is 41.7 Å². The highest BCUT2D eigenvalue weighted by molar-refractivity contribution is 5.93. The normalized spacial score (nSPS) is 11.0. The van der Waals surface area contributed by atoms with Crippen LogP contribution in [0.2, 0.25) is 0 Å². The molecule has 3 aromatic rings. The summed E-state index contributed by atoms with van der Waals surface area (Å²) in [5.74, 6) is -2.62. The Kier molecular flexibility index (Phi) is 2.30. The van der Waals surface area contributed by atoms with Crippen LogP contribution in [0.15, 0.2) is 23.0 Å². The Morgan fingerprint density at radius 3 is 2.55 bits per heavy atom. The van der Waals surface area contributed by atoms with Gasteiger partial charge < -0.3 is 10.2 Å². The summed E-state index contributed by atoms with van der Waals surface area (Å²) in [5.41, 5.74) is -0.846. The molecule has 20 heavy (non-hydrogen) atoms. The second kappa shape index (κ2) is 3.88. The molecular weight excluding hydrogens is 268 g/mol. The molecule has 2 aromatic heterocycles. The summed E-state index contributed by atoms with van der Waals surface area (Å²) in [7, 11) is 0. The number of nitrogens with zero attached hydrogens (tertiary/aromatic N) is 3. The van der Waals surface area contributed by atoms with Crippen LogP contribution in [0.5, 0.6) is 0 Å². The van der Waals surface area contributed by atoms with Crippen molar-refractivity contribution < 1.29 is 19.8 Å². The second-order valence-corrected chi connectivity index (χ2v) is 3.96. The summed E-state index contributed by atoms with van der Waals surface area (Å²) in [4.78, 5) is 41.0. The van der Waals surface area contributed by atoms with E-state index < -0.39 is 23.2 Å². The zero-order chi connectivity index (χ0) is 14.4. The third-order valence-electron chi connectivity index (χ3n) is 2.73. The Labute approximate surface area is 109 Å². The SMILES string of the molecule is O=C(O)c1ccc2nc3nc(C(=O)O)c(=O)[nH]n3c2c1. The number of hydrogen-bond donors (Lipinski definition) is 3. The van der Waals surface area contributed by atoms with Crippen LogP contribution in [0.25, 0.3) is 16.8 Å². The van der Waals surface area contributed by atoms with E-state index in [-0.39, 0.29) is 11.3 Å². The molecule has 0 spiro atoms. The molecule has 2 heterocycles. The van der Waals surface area contributed by atoms with E-state index in [1.54, 1.807) is 0 Å². The number of rotatable bonds is 2. The van der Waals surface area contributed by atoms with Crippen LogP contribution < -0.4 is 5.56 Å². The maximum atomic E-state index is 11.6. The Morgan fingerprint density at radius 2 is 1.90 bits per heavy atom. The summed E-state index contributed by atoms with van der Waals surface area (Å²) in [5, 5.41) is 20.0. The zero-order valence-corrected chi connectivity index (χ0v) is 9.69. The molecule has 3 N–H and O–H groups in total. The van der Waals surface area contributed by atoms with E-state index in [1.165, 1.54) is 18.2 Å². The molecule has 9 heteroatoms. The molecule has 0 fully saturated rings. The molecule has 0 radical (unpaired) electrons. The fourth-order valence-electron chi connectivity index (χ4n) is 1.83. The summed E-state index contributed by atoms with van der Waals surface area (Å²) < 4.78 is 1.15. The third-order valence-corrected chi connectivity index (χ3v) is 2.73. The number of aromatic nitrogens is 4. The van der Waals surface area contributed by atoms with E-state index in [9.17, 15) is 14.4 Å². The quantitative estimate of drug-likeness (QED) is 0.596. The number of aromatic amines is 1. The topological polar surface area (TPSA) is 138 Å². The monoisotopic (exact) mass is 274 g/mol. The van der Waals surface area contributed by atoms with Gasteiger partial charge in [-0.05, 0) is 18.2 Å². The molecule has 0 amide bonds. The highest BCUT2D eigenvalue weighted by Gasteiger charge is 2.16. The number of H-pyrrole nitrogens is 1. The van der Waals surface area contributed by atoms with Crippen molar-refractivity contribution in [1.82, 2.24) is 19.6 Å². The molecular formula is C11H6N4O5. The van der Waals surface area contributed by atoms with E-state index in [0.29, 0.717) is 11.0 Å². The van der Waals surface area contributed by atoms with Gasteiger partial charge in [0.2, 0.25) is 5.69 Å². The maximum absolute atomic E-state index is 11.6. The Bertz CT molecular complexity index is 939. The Morgan fingerprint density at radius 1 is 1.15 bits per heavy atom. The number of hydrogen-bond acceptors (Lipinski definition) is 5. The van der Waals surface area contributed by atoms with Crippen molar-refractivity contribution in [3.63, 3.8) is 0 Å². The first-order chi connectivity index (χ1) is 9.47. The third kappa shape index (κ3) is 1.61. The van der Waals surface area contributed by atoms with Gasteiger partial charge in [0.05, 0.1) is 16.6 Å². The predicted molar refractivity (Wildman–Crippen MR) is 65.0 cm³/mol. The lowest BCUT2D eigenvalue weighted by Gasteiger charge is -1.97. The molecule has 3 rings (SSSR count). The van der Waals surface area contributed by atoms with Crippen LogP contribution in [0.4, 0.5) is 0 Å². The minimum absolute atomic E-state index is 0.0162. The van der Waals surface area contributed by atoms with Gasteiger partial charge in [-0.3, -0.25) is 9.89 Å². The molecule has 0 aliphatic carbocycles. The second-order valence-electron chi connectivity index (χ2n) is 3.96. The van der Waals surface area contributed by atoms with Crippen LogP contribution in [0.1, 0.15) is 20.8 Å². The van der Waals surface area contributed by atoms with Crippen molar-refractivity contribution in [2.45, 2.75) is 0 Å². The maximum Gasteiger partial charge on any atom is 0.360 e. The van der Waals surface area contributed by atoms with E-state index in [4.69, 9.17) is 10.2 Å². The van der Waals surface area contributed by atoms with E-state index >= 15 is 0 Å². The van der Waals surface area contributed by atoms with Gasteiger partial charge in [-0.25, -0.2) is 19.1 Å². The minimum atomic E-state index is -1.47. The lowest BCUT2D eigenvalue weighted by molar-refractivity contribution is 0.0681. The van der Waals surface area contributed by atoms with Crippen molar-refractivity contribution in [2.24, 2.45) is 0 Å². The van der Waals surface area contributed by atoms with E-state index in [0.717, 1.165) is 4.52 Å². The lowest BCUT2D eigenvalue weighted by atomic mass is 10.2. The number of carboxylic acids is 2. The molecule has 0 atom stereocenters. The van der Waals surface area contributed by atoms with Crippen molar-refractivity contribution in [2.75, 3.05) is 0 Å². The van der Waals surface area contributed by atoms with Gasteiger partial charge >= 0.3 is 11.9 Å². The molecule has 0 unspecified atom stereocenters. The molecule has 0 aliphatic rings. The number of aromatic carboxylic acids is 2. The highest BCUT2D eigenvalue weighted by Crippen LogP contribution is 2.15. The number of imidazole rings is 1. The first kappa shape index (κ1) is 11.8. The van der Waals surface area contributed by atoms with Gasteiger partial charge in [-0.2, -0.15) is 4.98 Å². The summed E-state index contributed by atoms with van der Waals surface area (Å²) in [6, 6.07) is 4.12. The lowest BCUT2D eigenvalue weighted by Crippen LogP contribution is -2.22. The fourth-order valence-corrected chi connectivity index (χ4v) is 1.83. The van der Waals surface area contributed by atoms with Gasteiger partial charge in [-0.1, -0.05) is 0 Å². The number of fused-ring (bicyclic) bond motifs is 3. The molecule has 100 valence electrons. The van der Waals surface area contributed by atoms with Gasteiger partial charge in [0, 0.05) is 0 Å². The number of carboxylic acid groups (broad SMARTS) is 2. The number of benzene rings is 1. The predicted octanol–water partition coefficient (Wildman–Crippen LogP) is -0.0328. The van der Waals surface area contributed by atoms with E-state index in [2.05, 4.69) is 15.1 Å². The fraction of sp³-hybridized carbons (Fsp3) is 0. The van der Waals surface area contributed by atoms with Crippen molar-refractivity contribution in [1.29, 1.82) is 0 Å². The van der Waals surface area contributed by atoms with Crippen molar-refractivity contribution >= 4 is 28.7 Å². The van der Waals surface area contributed by atoms with Crippen LogP contribution in [-0.2, 0) is 0 Å². The first-order valence-electron chi connectivity index (χ1n) is 5.36. The van der Waals surface area contributed by atoms with Gasteiger partial charge in [0.25, 0.3) is 11.3 Å². The number of carbonyl (C=O) groups is 2. The van der Waals surface area contributed by atoms with Gasteiger partial charge in [-0.15, -0.1) is 0 Å². The summed E-state index contributed by atoms with van der Waals surface area (Å²) in [6.45, 7) is 0. The van der Waals surface area contributed by atoms with E-state index in [1.807, 2.05) is 0 Å². The van der Waals surface area contributed by atoms with Crippen LogP contribution in [0.3, 0.4) is 0 Å². The van der Waals surface area contributed by atoms with Crippen LogP contribution >= 0.6 is 0 Å². The van der Waals surface area contributed by atoms with Gasteiger partial charge in [0.1, 0.15) is 0 Å². The smallest absolute Gasteiger partial charge is 0.360 e. The van der Waals surface area contributed by atoms with Crippen molar-refractivity contribution in [3.8, 4) is 0 Å². The minimum Gasteiger partial charge on any atom is -0.478 e. The number of nitrogens with one attached hydrogen (secondary N) is 1. The zero-order valence-electron chi connectivity index (χ0n) is 9.69. The van der Waals surface area contributed by atoms with Crippen molar-refractivity contribution in [3.05, 3.63) is 39.8 Å². The summed E-state index contributed by atoms with van der Waals surface area (Å²) in [6.07, 6.45) is 0. The molecule has 0 aliphatic heterocycles. The highest BCUT2D eigenvalue weighted by atomic mass is 16.4. The Hall–Kier alpha value is -3.23. The molecule has 9 nitrogen and oxygen atoms in total. The van der Waals surface area contributed by atoms with Crippen LogP contribution in [0, 0.1) is 0 Å².